The molecule has 0 spiro atoms. The molecule has 1 aromatic carbocycles. The summed E-state index contributed by atoms with van der Waals surface area (Å²) in [5, 5.41) is 3.52. The molecular formula is C15H23BrN2. The van der Waals surface area contributed by atoms with Crippen molar-refractivity contribution in [3.8, 4) is 0 Å². The lowest BCUT2D eigenvalue weighted by Gasteiger charge is -2.31. The van der Waals surface area contributed by atoms with Gasteiger partial charge in [0.2, 0.25) is 0 Å². The van der Waals surface area contributed by atoms with Gasteiger partial charge in [-0.05, 0) is 37.0 Å². The van der Waals surface area contributed by atoms with Crippen LogP contribution in [-0.2, 0) is 6.54 Å². The van der Waals surface area contributed by atoms with Crippen molar-refractivity contribution < 1.29 is 0 Å². The third-order valence-electron chi connectivity index (χ3n) is 3.44. The first-order valence-corrected chi connectivity index (χ1v) is 7.73. The van der Waals surface area contributed by atoms with Gasteiger partial charge in [0.25, 0.3) is 0 Å². The molecule has 0 atom stereocenters. The molecule has 0 bridgehead atoms. The van der Waals surface area contributed by atoms with Gasteiger partial charge in [-0.2, -0.15) is 0 Å². The van der Waals surface area contributed by atoms with Crippen LogP contribution in [0.1, 0.15) is 38.7 Å². The molecule has 1 saturated heterocycles. The molecule has 1 aliphatic heterocycles. The van der Waals surface area contributed by atoms with Gasteiger partial charge in [0, 0.05) is 35.8 Å². The van der Waals surface area contributed by atoms with Gasteiger partial charge in [0.15, 0.2) is 0 Å². The van der Waals surface area contributed by atoms with Crippen molar-refractivity contribution in [1.29, 1.82) is 0 Å². The smallest absolute Gasteiger partial charge is 0.0423 e. The molecule has 0 aromatic heterocycles. The summed E-state index contributed by atoms with van der Waals surface area (Å²) in [5.41, 5.74) is 2.81. The molecule has 1 aliphatic rings. The first-order chi connectivity index (χ1) is 8.66. The van der Waals surface area contributed by atoms with E-state index in [0.717, 1.165) is 6.54 Å². The third kappa shape index (κ3) is 3.72. The zero-order valence-corrected chi connectivity index (χ0v) is 13.0. The molecule has 0 saturated carbocycles. The summed E-state index contributed by atoms with van der Waals surface area (Å²) >= 11 is 3.60. The SMILES string of the molecule is CC(C)NCc1ccc(Br)cc1N1CCCCC1. The highest BCUT2D eigenvalue weighted by Crippen LogP contribution is 2.27. The lowest BCUT2D eigenvalue weighted by atomic mass is 10.1. The largest absolute Gasteiger partial charge is 0.371 e. The summed E-state index contributed by atoms with van der Waals surface area (Å²) in [6.45, 7) is 7.74. The fourth-order valence-electron chi connectivity index (χ4n) is 2.43. The summed E-state index contributed by atoms with van der Waals surface area (Å²) in [5.74, 6) is 0. The zero-order valence-electron chi connectivity index (χ0n) is 11.4. The molecule has 18 heavy (non-hydrogen) atoms. The van der Waals surface area contributed by atoms with Crippen LogP contribution in [0.2, 0.25) is 0 Å². The Kier molecular flexibility index (Phi) is 5.07. The van der Waals surface area contributed by atoms with Crippen molar-refractivity contribution in [2.24, 2.45) is 0 Å². The van der Waals surface area contributed by atoms with Crippen LogP contribution in [0.4, 0.5) is 5.69 Å². The molecule has 1 N–H and O–H groups in total. The Morgan fingerprint density at radius 1 is 1.22 bits per heavy atom. The van der Waals surface area contributed by atoms with Gasteiger partial charge in [-0.3, -0.25) is 0 Å². The second-order valence-electron chi connectivity index (χ2n) is 5.36. The Hall–Kier alpha value is -0.540. The van der Waals surface area contributed by atoms with E-state index in [2.05, 4.69) is 58.2 Å². The van der Waals surface area contributed by atoms with Gasteiger partial charge in [-0.15, -0.1) is 0 Å². The van der Waals surface area contributed by atoms with Crippen molar-refractivity contribution in [1.82, 2.24) is 5.32 Å². The fourth-order valence-corrected chi connectivity index (χ4v) is 2.78. The molecule has 2 rings (SSSR count). The molecule has 0 unspecified atom stereocenters. The summed E-state index contributed by atoms with van der Waals surface area (Å²) in [6.07, 6.45) is 4.03. The Balaban J connectivity index is 2.16. The van der Waals surface area contributed by atoms with E-state index in [-0.39, 0.29) is 0 Å². The van der Waals surface area contributed by atoms with Crippen LogP contribution in [0.25, 0.3) is 0 Å². The van der Waals surface area contributed by atoms with Crippen molar-refractivity contribution in [3.05, 3.63) is 28.2 Å². The van der Waals surface area contributed by atoms with E-state index in [0.29, 0.717) is 6.04 Å². The van der Waals surface area contributed by atoms with E-state index in [1.54, 1.807) is 0 Å². The Labute approximate surface area is 119 Å². The fraction of sp³-hybridized carbons (Fsp3) is 0.600. The second-order valence-corrected chi connectivity index (χ2v) is 6.27. The maximum absolute atomic E-state index is 3.60. The van der Waals surface area contributed by atoms with E-state index in [9.17, 15) is 0 Å². The first-order valence-electron chi connectivity index (χ1n) is 6.93. The number of rotatable bonds is 4. The monoisotopic (exact) mass is 310 g/mol. The summed E-state index contributed by atoms with van der Waals surface area (Å²) < 4.78 is 1.18. The number of anilines is 1. The van der Waals surface area contributed by atoms with Crippen LogP contribution < -0.4 is 10.2 Å². The predicted octanol–water partition coefficient (Wildman–Crippen LogP) is 3.94. The number of nitrogens with one attached hydrogen (secondary N) is 1. The lowest BCUT2D eigenvalue weighted by molar-refractivity contribution is 0.566. The number of benzene rings is 1. The maximum Gasteiger partial charge on any atom is 0.0423 e. The Morgan fingerprint density at radius 3 is 2.61 bits per heavy atom. The van der Waals surface area contributed by atoms with Crippen molar-refractivity contribution in [2.45, 2.75) is 45.7 Å². The molecule has 3 heteroatoms. The number of hydrogen-bond acceptors (Lipinski definition) is 2. The van der Waals surface area contributed by atoms with Crippen molar-refractivity contribution in [3.63, 3.8) is 0 Å². The molecule has 0 amide bonds. The van der Waals surface area contributed by atoms with Gasteiger partial charge in [0.1, 0.15) is 0 Å². The van der Waals surface area contributed by atoms with Crippen LogP contribution in [-0.4, -0.2) is 19.1 Å². The second kappa shape index (κ2) is 6.58. The average Bonchev–Trinajstić information content (AvgIpc) is 2.38. The van der Waals surface area contributed by atoms with Gasteiger partial charge in [-0.1, -0.05) is 35.8 Å². The molecule has 1 heterocycles. The number of halogens is 1. The highest BCUT2D eigenvalue weighted by molar-refractivity contribution is 9.10. The summed E-state index contributed by atoms with van der Waals surface area (Å²) in [7, 11) is 0. The van der Waals surface area contributed by atoms with Crippen LogP contribution in [0.3, 0.4) is 0 Å². The van der Waals surface area contributed by atoms with E-state index < -0.39 is 0 Å². The molecule has 0 radical (unpaired) electrons. The quantitative estimate of drug-likeness (QED) is 0.906. The summed E-state index contributed by atoms with van der Waals surface area (Å²) in [6, 6.07) is 7.18. The first kappa shape index (κ1) is 13.9. The molecule has 1 aromatic rings. The highest BCUT2D eigenvalue weighted by Gasteiger charge is 2.14. The van der Waals surface area contributed by atoms with Gasteiger partial charge in [0.05, 0.1) is 0 Å². The maximum atomic E-state index is 3.60. The number of hydrogen-bond donors (Lipinski definition) is 1. The Morgan fingerprint density at radius 2 is 1.94 bits per heavy atom. The molecule has 1 fully saturated rings. The van der Waals surface area contributed by atoms with Crippen LogP contribution in [0.15, 0.2) is 22.7 Å². The van der Waals surface area contributed by atoms with Crippen LogP contribution in [0, 0.1) is 0 Å². The van der Waals surface area contributed by atoms with Crippen LogP contribution in [0.5, 0.6) is 0 Å². The molecule has 100 valence electrons. The normalized spacial score (nSPS) is 16.3. The third-order valence-corrected chi connectivity index (χ3v) is 3.94. The average molecular weight is 311 g/mol. The minimum Gasteiger partial charge on any atom is -0.371 e. The summed E-state index contributed by atoms with van der Waals surface area (Å²) in [4.78, 5) is 2.53. The minimum absolute atomic E-state index is 0.530. The van der Waals surface area contributed by atoms with Gasteiger partial charge in [-0.25, -0.2) is 0 Å². The Bertz CT molecular complexity index is 384. The van der Waals surface area contributed by atoms with E-state index in [4.69, 9.17) is 0 Å². The van der Waals surface area contributed by atoms with E-state index >= 15 is 0 Å². The molecule has 0 aliphatic carbocycles. The van der Waals surface area contributed by atoms with Crippen molar-refractivity contribution >= 4 is 21.6 Å². The zero-order chi connectivity index (χ0) is 13.0. The molecule has 2 nitrogen and oxygen atoms in total. The van der Waals surface area contributed by atoms with E-state index in [1.807, 2.05) is 0 Å². The standard InChI is InChI=1S/C15H23BrN2/c1-12(2)17-11-13-6-7-14(16)10-15(13)18-8-4-3-5-9-18/h6-7,10,12,17H,3-5,8-9,11H2,1-2H3. The van der Waals surface area contributed by atoms with Crippen molar-refractivity contribution in [2.75, 3.05) is 18.0 Å². The minimum atomic E-state index is 0.530. The molecular weight excluding hydrogens is 288 g/mol. The predicted molar refractivity (Wildman–Crippen MR) is 82.2 cm³/mol. The lowest BCUT2D eigenvalue weighted by Crippen LogP contribution is -2.31. The van der Waals surface area contributed by atoms with Gasteiger partial charge >= 0.3 is 0 Å². The van der Waals surface area contributed by atoms with E-state index in [1.165, 1.54) is 48.1 Å². The van der Waals surface area contributed by atoms with Crippen LogP contribution >= 0.6 is 15.9 Å². The topological polar surface area (TPSA) is 15.3 Å². The van der Waals surface area contributed by atoms with Gasteiger partial charge < -0.3 is 10.2 Å². The number of piperidine rings is 1. The highest BCUT2D eigenvalue weighted by atomic mass is 79.9. The number of nitrogens with zero attached hydrogens (tertiary/aromatic N) is 1.